The molecule has 0 radical (unpaired) electrons. The minimum absolute atomic E-state index is 0.420. The molecule has 3 heteroatoms. The van der Waals surface area contributed by atoms with E-state index >= 15 is 0 Å². The average Bonchev–Trinajstić information content (AvgIpc) is 2.46. The van der Waals surface area contributed by atoms with Crippen molar-refractivity contribution in [3.05, 3.63) is 0 Å². The van der Waals surface area contributed by atoms with Crippen LogP contribution in [0.2, 0.25) is 0 Å². The van der Waals surface area contributed by atoms with Crippen LogP contribution in [0.15, 0.2) is 0 Å². The van der Waals surface area contributed by atoms with Crippen molar-refractivity contribution in [3.8, 4) is 0 Å². The first-order valence-corrected chi connectivity index (χ1v) is 8.31. The Kier molecular flexibility index (Phi) is 5.67. The number of piperidine rings is 1. The SMILES string of the molecule is CCN1CCC(C(C)NCC2(O)CCCCC2)CC1. The van der Waals surface area contributed by atoms with Gasteiger partial charge in [0.2, 0.25) is 0 Å². The van der Waals surface area contributed by atoms with E-state index < -0.39 is 5.60 Å². The minimum Gasteiger partial charge on any atom is -0.389 e. The molecule has 1 heterocycles. The summed E-state index contributed by atoms with van der Waals surface area (Å²) in [5.41, 5.74) is -0.420. The monoisotopic (exact) mass is 268 g/mol. The van der Waals surface area contributed by atoms with Gasteiger partial charge in [-0.25, -0.2) is 0 Å². The van der Waals surface area contributed by atoms with Gasteiger partial charge in [0.25, 0.3) is 0 Å². The molecular weight excluding hydrogens is 236 g/mol. The Morgan fingerprint density at radius 3 is 2.42 bits per heavy atom. The lowest BCUT2D eigenvalue weighted by atomic mass is 9.84. The number of nitrogens with zero attached hydrogens (tertiary/aromatic N) is 1. The largest absolute Gasteiger partial charge is 0.389 e. The summed E-state index contributed by atoms with van der Waals surface area (Å²) >= 11 is 0. The summed E-state index contributed by atoms with van der Waals surface area (Å²) in [5.74, 6) is 0.787. The van der Waals surface area contributed by atoms with Crippen LogP contribution in [-0.2, 0) is 0 Å². The highest BCUT2D eigenvalue weighted by molar-refractivity contribution is 4.87. The molecule has 2 rings (SSSR count). The Bertz CT molecular complexity index is 255. The van der Waals surface area contributed by atoms with Gasteiger partial charge in [-0.3, -0.25) is 0 Å². The van der Waals surface area contributed by atoms with E-state index in [9.17, 15) is 5.11 Å². The maximum absolute atomic E-state index is 10.5. The Hall–Kier alpha value is -0.120. The Morgan fingerprint density at radius 1 is 1.21 bits per heavy atom. The van der Waals surface area contributed by atoms with Gasteiger partial charge < -0.3 is 15.3 Å². The molecule has 19 heavy (non-hydrogen) atoms. The summed E-state index contributed by atoms with van der Waals surface area (Å²) in [6.07, 6.45) is 8.28. The van der Waals surface area contributed by atoms with Crippen molar-refractivity contribution >= 4 is 0 Å². The number of hydrogen-bond donors (Lipinski definition) is 2. The van der Waals surface area contributed by atoms with E-state index in [4.69, 9.17) is 0 Å². The second-order valence-corrected chi connectivity index (χ2v) is 6.73. The molecule has 112 valence electrons. The van der Waals surface area contributed by atoms with Crippen molar-refractivity contribution in [2.45, 2.75) is 70.4 Å². The van der Waals surface area contributed by atoms with Crippen molar-refractivity contribution in [2.24, 2.45) is 5.92 Å². The van der Waals surface area contributed by atoms with Crippen molar-refractivity contribution in [1.29, 1.82) is 0 Å². The number of likely N-dealkylation sites (tertiary alicyclic amines) is 1. The maximum atomic E-state index is 10.5. The third-order valence-electron chi connectivity index (χ3n) is 5.32. The van der Waals surface area contributed by atoms with E-state index in [1.165, 1.54) is 51.7 Å². The van der Waals surface area contributed by atoms with Gasteiger partial charge >= 0.3 is 0 Å². The third kappa shape index (κ3) is 4.44. The van der Waals surface area contributed by atoms with Crippen LogP contribution >= 0.6 is 0 Å². The molecule has 0 aromatic carbocycles. The summed E-state index contributed by atoms with van der Waals surface area (Å²) in [4.78, 5) is 2.54. The standard InChI is InChI=1S/C16H32N2O/c1-3-18-11-7-15(8-12-18)14(2)17-13-16(19)9-5-4-6-10-16/h14-15,17,19H,3-13H2,1-2H3. The zero-order valence-electron chi connectivity index (χ0n) is 12.8. The van der Waals surface area contributed by atoms with E-state index in [0.717, 1.165) is 25.3 Å². The number of nitrogens with one attached hydrogen (secondary N) is 1. The van der Waals surface area contributed by atoms with Gasteiger partial charge in [0.15, 0.2) is 0 Å². The highest BCUT2D eigenvalue weighted by Gasteiger charge is 2.30. The average molecular weight is 268 g/mol. The number of hydrogen-bond acceptors (Lipinski definition) is 3. The summed E-state index contributed by atoms with van der Waals surface area (Å²) < 4.78 is 0. The van der Waals surface area contributed by atoms with Crippen LogP contribution < -0.4 is 5.32 Å². The molecule has 1 saturated heterocycles. The molecule has 0 aromatic heterocycles. The molecule has 1 atom stereocenters. The van der Waals surface area contributed by atoms with Gasteiger partial charge in [-0.2, -0.15) is 0 Å². The molecule has 0 amide bonds. The van der Waals surface area contributed by atoms with Gasteiger partial charge in [-0.05, 0) is 58.2 Å². The van der Waals surface area contributed by atoms with E-state index in [-0.39, 0.29) is 0 Å². The Labute approximate surface area is 118 Å². The van der Waals surface area contributed by atoms with Crippen molar-refractivity contribution in [2.75, 3.05) is 26.2 Å². The van der Waals surface area contributed by atoms with Crippen LogP contribution in [0.3, 0.4) is 0 Å². The first kappa shape index (κ1) is 15.3. The topological polar surface area (TPSA) is 35.5 Å². The van der Waals surface area contributed by atoms with E-state index in [2.05, 4.69) is 24.1 Å². The van der Waals surface area contributed by atoms with Crippen LogP contribution in [0.25, 0.3) is 0 Å². The zero-order chi connectivity index (χ0) is 13.7. The van der Waals surface area contributed by atoms with Gasteiger partial charge in [-0.1, -0.05) is 26.2 Å². The number of rotatable bonds is 5. The van der Waals surface area contributed by atoms with Crippen molar-refractivity contribution in [3.63, 3.8) is 0 Å². The second kappa shape index (κ2) is 7.05. The normalized spacial score (nSPS) is 27.3. The lowest BCUT2D eigenvalue weighted by Gasteiger charge is -2.37. The molecule has 2 fully saturated rings. The fraction of sp³-hybridized carbons (Fsp3) is 1.00. The van der Waals surface area contributed by atoms with E-state index in [0.29, 0.717) is 6.04 Å². The fourth-order valence-corrected chi connectivity index (χ4v) is 3.67. The lowest BCUT2D eigenvalue weighted by molar-refractivity contribution is 0.000480. The molecule has 3 nitrogen and oxygen atoms in total. The van der Waals surface area contributed by atoms with Gasteiger partial charge in [0.05, 0.1) is 5.60 Å². The first-order valence-electron chi connectivity index (χ1n) is 8.31. The molecule has 1 saturated carbocycles. The third-order valence-corrected chi connectivity index (χ3v) is 5.32. The molecule has 0 spiro atoms. The summed E-state index contributed by atoms with van der Waals surface area (Å²) in [6.45, 7) is 9.03. The van der Waals surface area contributed by atoms with Gasteiger partial charge in [0.1, 0.15) is 0 Å². The fourth-order valence-electron chi connectivity index (χ4n) is 3.67. The molecular formula is C16H32N2O. The van der Waals surface area contributed by atoms with Gasteiger partial charge in [0, 0.05) is 12.6 Å². The second-order valence-electron chi connectivity index (χ2n) is 6.73. The summed E-state index contributed by atoms with van der Waals surface area (Å²) in [7, 11) is 0. The van der Waals surface area contributed by atoms with Crippen LogP contribution in [0.4, 0.5) is 0 Å². The maximum Gasteiger partial charge on any atom is 0.0771 e. The lowest BCUT2D eigenvalue weighted by Crippen LogP contribution is -2.48. The van der Waals surface area contributed by atoms with Gasteiger partial charge in [-0.15, -0.1) is 0 Å². The minimum atomic E-state index is -0.420. The quantitative estimate of drug-likeness (QED) is 0.803. The molecule has 2 aliphatic rings. The molecule has 0 aromatic rings. The Balaban J connectivity index is 1.70. The van der Waals surface area contributed by atoms with Crippen LogP contribution in [-0.4, -0.2) is 47.8 Å². The highest BCUT2D eigenvalue weighted by Crippen LogP contribution is 2.28. The molecule has 1 aliphatic heterocycles. The predicted octanol–water partition coefficient (Wildman–Crippen LogP) is 2.39. The predicted molar refractivity (Wildman–Crippen MR) is 80.3 cm³/mol. The molecule has 2 N–H and O–H groups in total. The first-order chi connectivity index (χ1) is 9.13. The summed E-state index contributed by atoms with van der Waals surface area (Å²) in [6, 6.07) is 0.546. The smallest absolute Gasteiger partial charge is 0.0771 e. The zero-order valence-corrected chi connectivity index (χ0v) is 12.8. The van der Waals surface area contributed by atoms with E-state index in [1.54, 1.807) is 0 Å². The molecule has 1 unspecified atom stereocenters. The van der Waals surface area contributed by atoms with Crippen molar-refractivity contribution in [1.82, 2.24) is 10.2 Å². The van der Waals surface area contributed by atoms with E-state index in [1.807, 2.05) is 0 Å². The molecule has 0 bridgehead atoms. The van der Waals surface area contributed by atoms with Crippen LogP contribution in [0.5, 0.6) is 0 Å². The van der Waals surface area contributed by atoms with Crippen LogP contribution in [0, 0.1) is 5.92 Å². The highest BCUT2D eigenvalue weighted by atomic mass is 16.3. The van der Waals surface area contributed by atoms with Crippen molar-refractivity contribution < 1.29 is 5.11 Å². The van der Waals surface area contributed by atoms with Crippen LogP contribution in [0.1, 0.15) is 58.8 Å². The molecule has 1 aliphatic carbocycles. The summed E-state index contributed by atoms with van der Waals surface area (Å²) in [5, 5.41) is 14.2. The number of aliphatic hydroxyl groups is 1. The Morgan fingerprint density at radius 2 is 1.84 bits per heavy atom.